The van der Waals surface area contributed by atoms with Gasteiger partial charge in [0.1, 0.15) is 11.0 Å². The molecule has 6 heteroatoms. The summed E-state index contributed by atoms with van der Waals surface area (Å²) in [5.74, 6) is 0.0983. The highest BCUT2D eigenvalue weighted by Gasteiger charge is 2.12. The molecule has 2 rings (SSSR count). The first-order valence-electron chi connectivity index (χ1n) is 4.52. The van der Waals surface area contributed by atoms with Gasteiger partial charge < -0.3 is 9.84 Å². The number of hydrogen-bond acceptors (Lipinski definition) is 4. The average molecular weight is 238 g/mol. The number of anilines is 1. The van der Waals surface area contributed by atoms with E-state index >= 15 is 0 Å². The lowest BCUT2D eigenvalue weighted by Gasteiger charge is -2.00. The second-order valence-electron chi connectivity index (χ2n) is 3.13. The number of aromatic nitrogens is 2. The molecule has 0 aliphatic carbocycles. The number of carbonyl (C=O) groups is 1. The molecule has 0 atom stereocenters. The molecule has 0 bridgehead atoms. The van der Waals surface area contributed by atoms with E-state index in [1.807, 2.05) is 0 Å². The first-order chi connectivity index (χ1) is 7.65. The van der Waals surface area contributed by atoms with E-state index in [4.69, 9.17) is 16.1 Å². The molecule has 0 aliphatic heterocycles. The Morgan fingerprint density at radius 3 is 2.94 bits per heavy atom. The quantitative estimate of drug-likeness (QED) is 0.814. The Morgan fingerprint density at radius 1 is 1.50 bits per heavy atom. The number of halogens is 1. The molecule has 0 saturated carbocycles. The van der Waals surface area contributed by atoms with Gasteiger partial charge in [-0.2, -0.15) is 0 Å². The number of rotatable bonds is 2. The van der Waals surface area contributed by atoms with Gasteiger partial charge >= 0.3 is 0 Å². The smallest absolute Gasteiger partial charge is 0.295 e. The molecule has 0 aromatic carbocycles. The molecule has 82 valence electrons. The Labute approximate surface area is 96.4 Å². The highest BCUT2D eigenvalue weighted by molar-refractivity contribution is 6.29. The SMILES string of the molecule is Cc1cc(C(=O)Nc2cccc(Cl)n2)on1. The molecule has 16 heavy (non-hydrogen) atoms. The molecule has 1 N–H and O–H groups in total. The zero-order chi connectivity index (χ0) is 11.5. The normalized spacial score (nSPS) is 10.1. The van der Waals surface area contributed by atoms with Gasteiger partial charge in [-0.1, -0.05) is 22.8 Å². The molecule has 2 aromatic rings. The van der Waals surface area contributed by atoms with Crippen LogP contribution in [-0.2, 0) is 0 Å². The number of aryl methyl sites for hydroxylation is 1. The third-order valence-corrected chi connectivity index (χ3v) is 2.02. The van der Waals surface area contributed by atoms with Crippen molar-refractivity contribution < 1.29 is 9.32 Å². The molecule has 0 unspecified atom stereocenters. The Bertz CT molecular complexity index is 524. The molecule has 0 saturated heterocycles. The Morgan fingerprint density at radius 2 is 2.31 bits per heavy atom. The fraction of sp³-hybridized carbons (Fsp3) is 0.100. The predicted molar refractivity (Wildman–Crippen MR) is 58.4 cm³/mol. The number of amides is 1. The summed E-state index contributed by atoms with van der Waals surface area (Å²) < 4.78 is 4.81. The van der Waals surface area contributed by atoms with Crippen LogP contribution in [0.2, 0.25) is 5.15 Å². The van der Waals surface area contributed by atoms with E-state index in [-0.39, 0.29) is 5.76 Å². The molecule has 1 amide bonds. The first kappa shape index (κ1) is 10.6. The largest absolute Gasteiger partial charge is 0.351 e. The maximum absolute atomic E-state index is 11.6. The van der Waals surface area contributed by atoms with Crippen LogP contribution in [0, 0.1) is 6.92 Å². The summed E-state index contributed by atoms with van der Waals surface area (Å²) in [5, 5.41) is 6.47. The van der Waals surface area contributed by atoms with Gasteiger partial charge in [-0.3, -0.25) is 4.79 Å². The van der Waals surface area contributed by atoms with Crippen molar-refractivity contribution in [1.29, 1.82) is 0 Å². The number of nitrogens with zero attached hydrogens (tertiary/aromatic N) is 2. The summed E-state index contributed by atoms with van der Waals surface area (Å²) in [6, 6.07) is 6.49. The van der Waals surface area contributed by atoms with Crippen molar-refractivity contribution in [2.24, 2.45) is 0 Å². The summed E-state index contributed by atoms with van der Waals surface area (Å²) in [5.41, 5.74) is 0.643. The fourth-order valence-corrected chi connectivity index (χ4v) is 1.29. The van der Waals surface area contributed by atoms with E-state index in [1.54, 1.807) is 31.2 Å². The molecule has 5 nitrogen and oxygen atoms in total. The van der Waals surface area contributed by atoms with E-state index in [9.17, 15) is 4.79 Å². The van der Waals surface area contributed by atoms with Gasteiger partial charge in [0.2, 0.25) is 5.76 Å². The van der Waals surface area contributed by atoms with Gasteiger partial charge in [0.25, 0.3) is 5.91 Å². The number of hydrogen-bond donors (Lipinski definition) is 1. The third kappa shape index (κ3) is 2.38. The monoisotopic (exact) mass is 237 g/mol. The minimum absolute atomic E-state index is 0.138. The van der Waals surface area contributed by atoms with Crippen molar-refractivity contribution in [3.63, 3.8) is 0 Å². The molecule has 2 heterocycles. The molecule has 2 aromatic heterocycles. The molecule has 0 aliphatic rings. The number of pyridine rings is 1. The zero-order valence-electron chi connectivity index (χ0n) is 8.40. The van der Waals surface area contributed by atoms with Crippen LogP contribution in [0.15, 0.2) is 28.8 Å². The fourth-order valence-electron chi connectivity index (χ4n) is 1.13. The second kappa shape index (κ2) is 4.32. The Hall–Kier alpha value is -1.88. The van der Waals surface area contributed by atoms with Crippen LogP contribution >= 0.6 is 11.6 Å². The van der Waals surface area contributed by atoms with Crippen molar-refractivity contribution in [3.05, 3.63) is 40.9 Å². The summed E-state index contributed by atoms with van der Waals surface area (Å²) in [7, 11) is 0. The number of nitrogens with one attached hydrogen (secondary N) is 1. The molecular formula is C10H8ClN3O2. The molecular weight excluding hydrogens is 230 g/mol. The maximum Gasteiger partial charge on any atom is 0.295 e. The average Bonchev–Trinajstić information content (AvgIpc) is 2.65. The Kier molecular flexibility index (Phi) is 2.87. The standard InChI is InChI=1S/C10H8ClN3O2/c1-6-5-7(16-14-6)10(15)13-9-4-2-3-8(11)12-9/h2-5H,1H3,(H,12,13,15). The van der Waals surface area contributed by atoms with Crippen LogP contribution in [0.25, 0.3) is 0 Å². The van der Waals surface area contributed by atoms with Gasteiger partial charge in [-0.15, -0.1) is 0 Å². The lowest BCUT2D eigenvalue weighted by Crippen LogP contribution is -2.11. The van der Waals surface area contributed by atoms with Crippen LogP contribution in [0.3, 0.4) is 0 Å². The van der Waals surface area contributed by atoms with Gasteiger partial charge in [0, 0.05) is 6.07 Å². The van der Waals surface area contributed by atoms with Crippen LogP contribution < -0.4 is 5.32 Å². The molecule has 0 radical (unpaired) electrons. The van der Waals surface area contributed by atoms with E-state index in [1.165, 1.54) is 0 Å². The minimum Gasteiger partial charge on any atom is -0.351 e. The third-order valence-electron chi connectivity index (χ3n) is 1.81. The maximum atomic E-state index is 11.6. The van der Waals surface area contributed by atoms with Crippen LogP contribution in [-0.4, -0.2) is 16.0 Å². The van der Waals surface area contributed by atoms with Crippen molar-refractivity contribution in [2.75, 3.05) is 5.32 Å². The summed E-state index contributed by atoms with van der Waals surface area (Å²) in [6.45, 7) is 1.73. The summed E-state index contributed by atoms with van der Waals surface area (Å²) in [6.07, 6.45) is 0. The van der Waals surface area contributed by atoms with Crippen molar-refractivity contribution in [3.8, 4) is 0 Å². The molecule has 0 spiro atoms. The lowest BCUT2D eigenvalue weighted by molar-refractivity contribution is 0.0987. The van der Waals surface area contributed by atoms with Gasteiger partial charge in [0.05, 0.1) is 5.69 Å². The van der Waals surface area contributed by atoms with E-state index < -0.39 is 5.91 Å². The number of carbonyl (C=O) groups excluding carboxylic acids is 1. The molecule has 0 fully saturated rings. The second-order valence-corrected chi connectivity index (χ2v) is 3.52. The topological polar surface area (TPSA) is 68.0 Å². The zero-order valence-corrected chi connectivity index (χ0v) is 9.15. The van der Waals surface area contributed by atoms with Crippen LogP contribution in [0.1, 0.15) is 16.2 Å². The minimum atomic E-state index is -0.407. The summed E-state index contributed by atoms with van der Waals surface area (Å²) >= 11 is 5.68. The summed E-state index contributed by atoms with van der Waals surface area (Å²) in [4.78, 5) is 15.5. The lowest BCUT2D eigenvalue weighted by atomic mass is 10.3. The van der Waals surface area contributed by atoms with E-state index in [0.29, 0.717) is 16.7 Å². The van der Waals surface area contributed by atoms with Gasteiger partial charge in [-0.25, -0.2) is 4.98 Å². The van der Waals surface area contributed by atoms with E-state index in [2.05, 4.69) is 15.5 Å². The van der Waals surface area contributed by atoms with Gasteiger partial charge in [0.15, 0.2) is 0 Å². The highest BCUT2D eigenvalue weighted by Crippen LogP contribution is 2.11. The van der Waals surface area contributed by atoms with Crippen molar-refractivity contribution >= 4 is 23.3 Å². The predicted octanol–water partition coefficient (Wildman–Crippen LogP) is 2.28. The van der Waals surface area contributed by atoms with Gasteiger partial charge in [-0.05, 0) is 19.1 Å². The first-order valence-corrected chi connectivity index (χ1v) is 4.90. The Balaban J connectivity index is 2.13. The highest BCUT2D eigenvalue weighted by atomic mass is 35.5. The van der Waals surface area contributed by atoms with Crippen LogP contribution in [0.5, 0.6) is 0 Å². The van der Waals surface area contributed by atoms with Crippen molar-refractivity contribution in [1.82, 2.24) is 10.1 Å². The van der Waals surface area contributed by atoms with Crippen LogP contribution in [0.4, 0.5) is 5.82 Å². The van der Waals surface area contributed by atoms with E-state index in [0.717, 1.165) is 0 Å². The van der Waals surface area contributed by atoms with Crippen molar-refractivity contribution in [2.45, 2.75) is 6.92 Å².